The molecule has 1 spiro atoms. The molecule has 130 valence electrons. The van der Waals surface area contributed by atoms with E-state index in [1.54, 1.807) is 17.6 Å². The number of hydrogen-bond acceptors (Lipinski definition) is 5. The van der Waals surface area contributed by atoms with Crippen molar-refractivity contribution in [2.24, 2.45) is 11.3 Å². The number of anilines is 2. The van der Waals surface area contributed by atoms with Gasteiger partial charge in [0.1, 0.15) is 5.82 Å². The first-order valence-electron chi connectivity index (χ1n) is 7.73. The van der Waals surface area contributed by atoms with Crippen LogP contribution in [0.3, 0.4) is 0 Å². The van der Waals surface area contributed by atoms with Crippen LogP contribution in [-0.2, 0) is 9.59 Å². The number of halogens is 2. The van der Waals surface area contributed by atoms with Crippen LogP contribution in [0.4, 0.5) is 20.3 Å². The number of carbonyl (C=O) groups excluding carboxylic acids is 2. The summed E-state index contributed by atoms with van der Waals surface area (Å²) in [6.07, 6.45) is 2.91. The van der Waals surface area contributed by atoms with Crippen LogP contribution in [0.1, 0.15) is 25.7 Å². The summed E-state index contributed by atoms with van der Waals surface area (Å²) in [5.41, 5.74) is 1.91. The first kappa shape index (κ1) is 16.6. The molecule has 2 fully saturated rings. The van der Waals surface area contributed by atoms with E-state index in [2.05, 4.69) is 10.3 Å². The zero-order chi connectivity index (χ0) is 17.4. The first-order chi connectivity index (χ1) is 11.3. The van der Waals surface area contributed by atoms with Crippen LogP contribution in [0, 0.1) is 5.41 Å². The topological polar surface area (TPSA) is 100 Å². The first-order valence-corrected chi connectivity index (χ1v) is 7.73. The molecule has 1 saturated carbocycles. The normalized spacial score (nSPS) is 21.0. The number of piperidine rings is 1. The fourth-order valence-electron chi connectivity index (χ4n) is 3.51. The summed E-state index contributed by atoms with van der Waals surface area (Å²) in [6.45, 7) is 1.37. The monoisotopic (exact) mass is 339 g/mol. The van der Waals surface area contributed by atoms with Crippen molar-refractivity contribution in [2.45, 2.75) is 31.6 Å². The van der Waals surface area contributed by atoms with Gasteiger partial charge < -0.3 is 10.2 Å². The molecule has 1 aromatic rings. The minimum absolute atomic E-state index is 0.00452. The number of nitrogens with zero attached hydrogens (tertiary/aromatic N) is 2. The molecule has 7 nitrogen and oxygen atoms in total. The zero-order valence-corrected chi connectivity index (χ0v) is 13.0. The standard InChI is InChI=1S/C15H19F2N5O2/c16-15(17)8-14(9-15)3-5-22(6-4-14)11-2-1-10(7-19-11)20-12(23)13(24)21-18/h1-2,7H,3-6,8-9,18H2,(H,20,23)(H,21,24). The summed E-state index contributed by atoms with van der Waals surface area (Å²) in [4.78, 5) is 28.7. The van der Waals surface area contributed by atoms with Crippen LogP contribution in [0.5, 0.6) is 0 Å². The molecular formula is C15H19F2N5O2. The van der Waals surface area contributed by atoms with Gasteiger partial charge in [0, 0.05) is 25.9 Å². The Kier molecular flexibility index (Phi) is 4.12. The fraction of sp³-hybridized carbons (Fsp3) is 0.533. The van der Waals surface area contributed by atoms with Gasteiger partial charge in [-0.25, -0.2) is 19.6 Å². The largest absolute Gasteiger partial charge is 0.357 e. The lowest BCUT2D eigenvalue weighted by Gasteiger charge is -2.52. The van der Waals surface area contributed by atoms with E-state index < -0.39 is 17.7 Å². The molecular weight excluding hydrogens is 320 g/mol. The van der Waals surface area contributed by atoms with Gasteiger partial charge in [0.15, 0.2) is 0 Å². The van der Waals surface area contributed by atoms with Crippen molar-refractivity contribution >= 4 is 23.3 Å². The Hall–Kier alpha value is -2.29. The zero-order valence-electron chi connectivity index (χ0n) is 13.0. The highest BCUT2D eigenvalue weighted by Gasteiger charge is 2.56. The van der Waals surface area contributed by atoms with Crippen LogP contribution >= 0.6 is 0 Å². The van der Waals surface area contributed by atoms with E-state index in [0.29, 0.717) is 18.8 Å². The number of aromatic nitrogens is 1. The molecule has 0 unspecified atom stereocenters. The molecule has 4 N–H and O–H groups in total. The van der Waals surface area contributed by atoms with Gasteiger partial charge in [0.05, 0.1) is 11.9 Å². The van der Waals surface area contributed by atoms with Gasteiger partial charge in [-0.05, 0) is 30.4 Å². The predicted octanol–water partition coefficient (Wildman–Crippen LogP) is 1.03. The lowest BCUT2D eigenvalue weighted by Crippen LogP contribution is -2.52. The fourth-order valence-corrected chi connectivity index (χ4v) is 3.51. The van der Waals surface area contributed by atoms with Crippen molar-refractivity contribution in [3.8, 4) is 0 Å². The van der Waals surface area contributed by atoms with Gasteiger partial charge >= 0.3 is 11.8 Å². The second-order valence-corrected chi connectivity index (χ2v) is 6.53. The smallest absolute Gasteiger partial charge is 0.323 e. The average Bonchev–Trinajstić information content (AvgIpc) is 2.54. The van der Waals surface area contributed by atoms with E-state index in [1.807, 2.05) is 4.90 Å². The summed E-state index contributed by atoms with van der Waals surface area (Å²) < 4.78 is 26.2. The maximum absolute atomic E-state index is 13.1. The molecule has 24 heavy (non-hydrogen) atoms. The van der Waals surface area contributed by atoms with Crippen LogP contribution < -0.4 is 21.5 Å². The van der Waals surface area contributed by atoms with Crippen LogP contribution in [-0.4, -0.2) is 35.8 Å². The highest BCUT2D eigenvalue weighted by Crippen LogP contribution is 2.57. The van der Waals surface area contributed by atoms with Crippen LogP contribution in [0.2, 0.25) is 0 Å². The molecule has 9 heteroatoms. The number of nitrogens with two attached hydrogens (primary N) is 1. The molecule has 1 aromatic heterocycles. The van der Waals surface area contributed by atoms with Gasteiger partial charge in [-0.3, -0.25) is 15.0 Å². The van der Waals surface area contributed by atoms with Crippen molar-refractivity contribution in [3.63, 3.8) is 0 Å². The minimum atomic E-state index is -2.49. The molecule has 2 aliphatic rings. The van der Waals surface area contributed by atoms with Gasteiger partial charge in [0.25, 0.3) is 0 Å². The SMILES string of the molecule is NNC(=O)C(=O)Nc1ccc(N2CCC3(CC2)CC(F)(F)C3)nc1. The summed E-state index contributed by atoms with van der Waals surface area (Å²) in [5.74, 6) is 1.28. The molecule has 1 aliphatic heterocycles. The van der Waals surface area contributed by atoms with Gasteiger partial charge in [-0.15, -0.1) is 0 Å². The second-order valence-electron chi connectivity index (χ2n) is 6.53. The van der Waals surface area contributed by atoms with Gasteiger partial charge in [-0.1, -0.05) is 0 Å². The molecule has 0 aromatic carbocycles. The number of hydrogen-bond donors (Lipinski definition) is 3. The van der Waals surface area contributed by atoms with Crippen LogP contribution in [0.15, 0.2) is 18.3 Å². The van der Waals surface area contributed by atoms with Gasteiger partial charge in [-0.2, -0.15) is 0 Å². The van der Waals surface area contributed by atoms with E-state index in [4.69, 9.17) is 5.84 Å². The lowest BCUT2D eigenvalue weighted by atomic mass is 9.61. The molecule has 0 atom stereocenters. The number of amides is 2. The van der Waals surface area contributed by atoms with E-state index in [0.717, 1.165) is 18.7 Å². The summed E-state index contributed by atoms with van der Waals surface area (Å²) in [7, 11) is 0. The predicted molar refractivity (Wildman–Crippen MR) is 83.3 cm³/mol. The Bertz CT molecular complexity index is 632. The quantitative estimate of drug-likeness (QED) is 0.323. The van der Waals surface area contributed by atoms with Crippen molar-refractivity contribution in [2.75, 3.05) is 23.3 Å². The Labute approximate surface area is 137 Å². The summed E-state index contributed by atoms with van der Waals surface area (Å²) in [6, 6.07) is 3.36. The highest BCUT2D eigenvalue weighted by molar-refractivity contribution is 6.39. The van der Waals surface area contributed by atoms with Crippen molar-refractivity contribution < 1.29 is 18.4 Å². The summed E-state index contributed by atoms with van der Waals surface area (Å²) in [5, 5.41) is 2.37. The van der Waals surface area contributed by atoms with E-state index in [1.165, 1.54) is 6.20 Å². The molecule has 2 heterocycles. The summed E-state index contributed by atoms with van der Waals surface area (Å²) >= 11 is 0. The number of nitrogens with one attached hydrogen (secondary N) is 2. The van der Waals surface area contributed by atoms with E-state index >= 15 is 0 Å². The van der Waals surface area contributed by atoms with Crippen molar-refractivity contribution in [3.05, 3.63) is 18.3 Å². The Morgan fingerprint density at radius 3 is 2.33 bits per heavy atom. The van der Waals surface area contributed by atoms with E-state index in [-0.39, 0.29) is 18.3 Å². The number of carbonyl (C=O) groups is 2. The highest BCUT2D eigenvalue weighted by atomic mass is 19.3. The lowest BCUT2D eigenvalue weighted by molar-refractivity contribution is -0.168. The Morgan fingerprint density at radius 2 is 1.83 bits per heavy atom. The third kappa shape index (κ3) is 3.30. The second kappa shape index (κ2) is 5.97. The third-order valence-corrected chi connectivity index (χ3v) is 4.76. The number of rotatable bonds is 2. The van der Waals surface area contributed by atoms with Crippen LogP contribution in [0.25, 0.3) is 0 Å². The maximum Gasteiger partial charge on any atom is 0.323 e. The van der Waals surface area contributed by atoms with Gasteiger partial charge in [0.2, 0.25) is 5.92 Å². The van der Waals surface area contributed by atoms with Crippen molar-refractivity contribution in [1.29, 1.82) is 0 Å². The molecule has 1 aliphatic carbocycles. The Balaban J connectivity index is 1.55. The number of hydrazine groups is 1. The molecule has 2 amide bonds. The number of pyridine rings is 1. The Morgan fingerprint density at radius 1 is 1.17 bits per heavy atom. The molecule has 1 saturated heterocycles. The molecule has 0 bridgehead atoms. The molecule has 0 radical (unpaired) electrons. The van der Waals surface area contributed by atoms with Crippen molar-refractivity contribution in [1.82, 2.24) is 10.4 Å². The van der Waals surface area contributed by atoms with E-state index in [9.17, 15) is 18.4 Å². The number of alkyl halides is 2. The minimum Gasteiger partial charge on any atom is -0.357 e. The third-order valence-electron chi connectivity index (χ3n) is 4.76. The maximum atomic E-state index is 13.1. The molecule has 3 rings (SSSR count). The average molecular weight is 339 g/mol.